The van der Waals surface area contributed by atoms with Gasteiger partial charge in [0.05, 0.1) is 12.6 Å². The maximum atomic E-state index is 12.9. The Balaban J connectivity index is 1.69. The molecule has 0 aliphatic carbocycles. The summed E-state index contributed by atoms with van der Waals surface area (Å²) >= 11 is 0. The van der Waals surface area contributed by atoms with Crippen molar-refractivity contribution in [2.24, 2.45) is 5.92 Å². The topological polar surface area (TPSA) is 66.5 Å². The van der Waals surface area contributed by atoms with Crippen LogP contribution in [-0.4, -0.2) is 22.6 Å². The van der Waals surface area contributed by atoms with Crippen molar-refractivity contribution in [3.05, 3.63) is 70.8 Å². The Morgan fingerprint density at radius 3 is 1.97 bits per heavy atom. The molecular weight excluding hydrogens is 388 g/mol. The minimum Gasteiger partial charge on any atom is -0.345 e. The maximum Gasteiger partial charge on any atom is 0.251 e. The summed E-state index contributed by atoms with van der Waals surface area (Å²) in [4.78, 5) is 37.8. The van der Waals surface area contributed by atoms with Gasteiger partial charge in [0.15, 0.2) is 0 Å². The standard InChI is InChI=1S/C26H32N2O3/c1-17(2)24(19-10-12-21(13-11-19)26(3,4)5)27-25(31)20-8-6-18(7-9-20)16-28-22(29)14-15-23(28)30/h6-13,17,24H,14-16H2,1-5H3,(H,27,31). The van der Waals surface area contributed by atoms with E-state index in [4.69, 9.17) is 0 Å². The van der Waals surface area contributed by atoms with E-state index in [2.05, 4.69) is 64.2 Å². The number of carbonyl (C=O) groups excluding carboxylic acids is 3. The zero-order valence-electron chi connectivity index (χ0n) is 19.1. The molecule has 0 aromatic heterocycles. The highest BCUT2D eigenvalue weighted by Crippen LogP contribution is 2.27. The van der Waals surface area contributed by atoms with Crippen LogP contribution in [0.3, 0.4) is 0 Å². The number of benzene rings is 2. The molecule has 5 heteroatoms. The van der Waals surface area contributed by atoms with Gasteiger partial charge in [-0.3, -0.25) is 19.3 Å². The lowest BCUT2D eigenvalue weighted by molar-refractivity contribution is -0.139. The molecule has 1 fully saturated rings. The van der Waals surface area contributed by atoms with Gasteiger partial charge in [-0.15, -0.1) is 0 Å². The molecule has 3 amide bonds. The quantitative estimate of drug-likeness (QED) is 0.685. The molecule has 31 heavy (non-hydrogen) atoms. The molecule has 5 nitrogen and oxygen atoms in total. The van der Waals surface area contributed by atoms with Crippen molar-refractivity contribution in [1.29, 1.82) is 0 Å². The zero-order valence-corrected chi connectivity index (χ0v) is 19.1. The number of likely N-dealkylation sites (tertiary alicyclic amines) is 1. The highest BCUT2D eigenvalue weighted by Gasteiger charge is 2.28. The van der Waals surface area contributed by atoms with Crippen molar-refractivity contribution in [3.8, 4) is 0 Å². The molecule has 1 N–H and O–H groups in total. The Labute approximate surface area is 184 Å². The number of carbonyl (C=O) groups is 3. The van der Waals surface area contributed by atoms with Gasteiger partial charge in [0.1, 0.15) is 0 Å². The zero-order chi connectivity index (χ0) is 22.8. The molecule has 1 atom stereocenters. The first-order valence-electron chi connectivity index (χ1n) is 10.9. The van der Waals surface area contributed by atoms with Crippen molar-refractivity contribution in [2.45, 2.75) is 65.5 Å². The van der Waals surface area contributed by atoms with E-state index in [0.717, 1.165) is 11.1 Å². The van der Waals surface area contributed by atoms with E-state index < -0.39 is 0 Å². The van der Waals surface area contributed by atoms with Crippen LogP contribution in [0.25, 0.3) is 0 Å². The predicted molar refractivity (Wildman–Crippen MR) is 121 cm³/mol. The molecule has 0 bridgehead atoms. The summed E-state index contributed by atoms with van der Waals surface area (Å²) in [6.45, 7) is 11.0. The molecule has 1 unspecified atom stereocenters. The number of nitrogens with one attached hydrogen (secondary N) is 1. The van der Waals surface area contributed by atoms with Gasteiger partial charge in [0.2, 0.25) is 11.8 Å². The van der Waals surface area contributed by atoms with Crippen molar-refractivity contribution < 1.29 is 14.4 Å². The third kappa shape index (κ3) is 5.40. The van der Waals surface area contributed by atoms with Crippen molar-refractivity contribution in [3.63, 3.8) is 0 Å². The van der Waals surface area contributed by atoms with Crippen LogP contribution in [0.15, 0.2) is 48.5 Å². The first-order valence-corrected chi connectivity index (χ1v) is 10.9. The number of nitrogens with zero attached hydrogens (tertiary/aromatic N) is 1. The van der Waals surface area contributed by atoms with E-state index >= 15 is 0 Å². The van der Waals surface area contributed by atoms with Gasteiger partial charge < -0.3 is 5.32 Å². The van der Waals surface area contributed by atoms with E-state index in [0.29, 0.717) is 5.56 Å². The molecule has 1 saturated heterocycles. The van der Waals surface area contributed by atoms with Gasteiger partial charge in [-0.1, -0.05) is 71.0 Å². The van der Waals surface area contributed by atoms with E-state index in [1.54, 1.807) is 24.3 Å². The van der Waals surface area contributed by atoms with Gasteiger partial charge >= 0.3 is 0 Å². The smallest absolute Gasteiger partial charge is 0.251 e. The number of amides is 3. The van der Waals surface area contributed by atoms with Crippen LogP contribution in [-0.2, 0) is 21.5 Å². The molecule has 1 aliphatic rings. The molecule has 0 saturated carbocycles. The second kappa shape index (κ2) is 9.04. The van der Waals surface area contributed by atoms with E-state index in [-0.39, 0.29) is 54.5 Å². The highest BCUT2D eigenvalue weighted by atomic mass is 16.2. The van der Waals surface area contributed by atoms with Crippen LogP contribution in [0.5, 0.6) is 0 Å². The summed E-state index contributed by atoms with van der Waals surface area (Å²) in [6, 6.07) is 15.5. The lowest BCUT2D eigenvalue weighted by Crippen LogP contribution is -2.32. The number of hydrogen-bond acceptors (Lipinski definition) is 3. The molecule has 0 radical (unpaired) electrons. The van der Waals surface area contributed by atoms with Crippen molar-refractivity contribution >= 4 is 17.7 Å². The van der Waals surface area contributed by atoms with Crippen LogP contribution < -0.4 is 5.32 Å². The molecular formula is C26H32N2O3. The van der Waals surface area contributed by atoms with Crippen LogP contribution in [0, 0.1) is 5.92 Å². The van der Waals surface area contributed by atoms with Gasteiger partial charge in [0.25, 0.3) is 5.91 Å². The van der Waals surface area contributed by atoms with Gasteiger partial charge in [-0.25, -0.2) is 0 Å². The second-order valence-corrected chi connectivity index (χ2v) is 9.64. The van der Waals surface area contributed by atoms with Crippen LogP contribution in [0.1, 0.15) is 80.6 Å². The highest BCUT2D eigenvalue weighted by molar-refractivity contribution is 6.01. The monoisotopic (exact) mass is 420 g/mol. The summed E-state index contributed by atoms with van der Waals surface area (Å²) in [5.41, 5.74) is 3.81. The third-order valence-corrected chi connectivity index (χ3v) is 5.80. The normalized spacial score (nSPS) is 15.5. The van der Waals surface area contributed by atoms with Gasteiger partial charge in [0, 0.05) is 18.4 Å². The summed E-state index contributed by atoms with van der Waals surface area (Å²) in [7, 11) is 0. The first-order chi connectivity index (χ1) is 14.6. The van der Waals surface area contributed by atoms with Crippen molar-refractivity contribution in [1.82, 2.24) is 10.2 Å². The Morgan fingerprint density at radius 1 is 0.935 bits per heavy atom. The van der Waals surface area contributed by atoms with Crippen LogP contribution >= 0.6 is 0 Å². The molecule has 0 spiro atoms. The van der Waals surface area contributed by atoms with E-state index in [1.165, 1.54) is 10.5 Å². The van der Waals surface area contributed by atoms with E-state index in [1.807, 2.05) is 0 Å². The predicted octanol–water partition coefficient (Wildman–Crippen LogP) is 4.76. The Morgan fingerprint density at radius 2 is 1.48 bits per heavy atom. The Hall–Kier alpha value is -2.95. The number of hydrogen-bond donors (Lipinski definition) is 1. The van der Waals surface area contributed by atoms with Crippen LogP contribution in [0.4, 0.5) is 0 Å². The molecule has 2 aromatic carbocycles. The molecule has 1 heterocycles. The summed E-state index contributed by atoms with van der Waals surface area (Å²) < 4.78 is 0. The largest absolute Gasteiger partial charge is 0.345 e. The first kappa shape index (κ1) is 22.7. The summed E-state index contributed by atoms with van der Waals surface area (Å²) in [6.07, 6.45) is 0.569. The summed E-state index contributed by atoms with van der Waals surface area (Å²) in [5, 5.41) is 3.16. The maximum absolute atomic E-state index is 12.9. The molecule has 2 aromatic rings. The number of rotatable bonds is 6. The fourth-order valence-electron chi connectivity index (χ4n) is 3.79. The van der Waals surface area contributed by atoms with Gasteiger partial charge in [-0.2, -0.15) is 0 Å². The van der Waals surface area contributed by atoms with E-state index in [9.17, 15) is 14.4 Å². The summed E-state index contributed by atoms with van der Waals surface area (Å²) in [5.74, 6) is -0.178. The minimum absolute atomic E-state index is 0.0845. The van der Waals surface area contributed by atoms with Crippen LogP contribution in [0.2, 0.25) is 0 Å². The molecule has 1 aliphatic heterocycles. The lowest BCUT2D eigenvalue weighted by atomic mass is 9.85. The average molecular weight is 421 g/mol. The molecule has 164 valence electrons. The average Bonchev–Trinajstić information content (AvgIpc) is 3.03. The number of imide groups is 1. The Kier molecular flexibility index (Phi) is 6.63. The van der Waals surface area contributed by atoms with Gasteiger partial charge in [-0.05, 0) is 40.2 Å². The lowest BCUT2D eigenvalue weighted by Gasteiger charge is -2.25. The Bertz CT molecular complexity index is 938. The minimum atomic E-state index is -0.140. The third-order valence-electron chi connectivity index (χ3n) is 5.80. The molecule has 3 rings (SSSR count). The van der Waals surface area contributed by atoms with Crippen molar-refractivity contribution in [2.75, 3.05) is 0 Å². The second-order valence-electron chi connectivity index (χ2n) is 9.64. The fraction of sp³-hybridized carbons (Fsp3) is 0.423. The SMILES string of the molecule is CC(C)C(NC(=O)c1ccc(CN2C(=O)CCC2=O)cc1)c1ccc(C(C)(C)C)cc1. The fourth-order valence-corrected chi connectivity index (χ4v) is 3.79.